The first-order valence-corrected chi connectivity index (χ1v) is 12.1. The van der Waals surface area contributed by atoms with E-state index in [0.29, 0.717) is 23.2 Å². The van der Waals surface area contributed by atoms with Crippen LogP contribution in [0.5, 0.6) is 0 Å². The van der Waals surface area contributed by atoms with Gasteiger partial charge in [-0.15, -0.1) is 0 Å². The van der Waals surface area contributed by atoms with Crippen LogP contribution in [0.25, 0.3) is 0 Å². The summed E-state index contributed by atoms with van der Waals surface area (Å²) in [5, 5.41) is 4.89. The molecule has 5 rings (SSSR count). The van der Waals surface area contributed by atoms with Crippen molar-refractivity contribution in [2.45, 2.75) is 65.1 Å². The maximum Gasteiger partial charge on any atom is 0.254 e. The number of amides is 1. The van der Waals surface area contributed by atoms with Crippen LogP contribution in [0.4, 0.5) is 10.2 Å². The van der Waals surface area contributed by atoms with Crippen molar-refractivity contribution in [1.29, 1.82) is 0 Å². The molecule has 2 N–H and O–H groups in total. The van der Waals surface area contributed by atoms with Crippen molar-refractivity contribution in [3.05, 3.63) is 46.4 Å². The first-order chi connectivity index (χ1) is 15.8. The average molecular weight is 453 g/mol. The van der Waals surface area contributed by atoms with E-state index in [0.717, 1.165) is 62.7 Å². The largest absolute Gasteiger partial charge is 0.358 e. The van der Waals surface area contributed by atoms with E-state index in [1.807, 2.05) is 15.6 Å². The van der Waals surface area contributed by atoms with Gasteiger partial charge in [-0.2, -0.15) is 5.10 Å². The molecule has 2 fully saturated rings. The number of nitrogens with two attached hydrogens (primary N) is 1. The molecule has 0 aliphatic carbocycles. The zero-order valence-electron chi connectivity index (χ0n) is 19.7. The van der Waals surface area contributed by atoms with E-state index >= 15 is 0 Å². The maximum absolute atomic E-state index is 14.1. The van der Waals surface area contributed by atoms with E-state index in [2.05, 4.69) is 11.8 Å². The van der Waals surface area contributed by atoms with Crippen LogP contribution >= 0.6 is 0 Å². The molecule has 0 bridgehead atoms. The van der Waals surface area contributed by atoms with Gasteiger partial charge >= 0.3 is 0 Å². The molecule has 0 radical (unpaired) electrons. The van der Waals surface area contributed by atoms with E-state index in [1.54, 1.807) is 26.0 Å². The van der Waals surface area contributed by atoms with E-state index in [4.69, 9.17) is 15.8 Å². The second-order valence-electron chi connectivity index (χ2n) is 9.91. The number of carbonyl (C=O) groups excluding carboxylic acids is 1. The fourth-order valence-corrected chi connectivity index (χ4v) is 5.48. The van der Waals surface area contributed by atoms with Crippen molar-refractivity contribution in [3.63, 3.8) is 0 Å². The minimum absolute atomic E-state index is 0.0551. The summed E-state index contributed by atoms with van der Waals surface area (Å²) in [5.74, 6) is 1.91. The number of rotatable bonds is 2. The summed E-state index contributed by atoms with van der Waals surface area (Å²) >= 11 is 0. The number of aromatic nitrogens is 2. The molecular formula is C25H33FN6O. The van der Waals surface area contributed by atoms with E-state index in [9.17, 15) is 9.18 Å². The summed E-state index contributed by atoms with van der Waals surface area (Å²) < 4.78 is 16.1. The summed E-state index contributed by atoms with van der Waals surface area (Å²) in [5.41, 5.74) is 8.56. The fourth-order valence-electron chi connectivity index (χ4n) is 5.48. The topological polar surface area (TPSA) is 79.8 Å². The molecule has 7 nitrogen and oxygen atoms in total. The van der Waals surface area contributed by atoms with Gasteiger partial charge < -0.3 is 15.5 Å². The Morgan fingerprint density at radius 3 is 2.55 bits per heavy atom. The molecule has 1 aromatic heterocycles. The quantitative estimate of drug-likeness (QED) is 0.753. The zero-order chi connectivity index (χ0) is 23.3. The molecular weight excluding hydrogens is 419 g/mol. The number of amidine groups is 1. The SMILES string of the molecule is Cc1cc(C(=O)N2CCCC[C@H]2c2cc3n(n2)CC(C)C(N2CC[C@H](N)C2)=N3)cc(C)c1F. The highest BCUT2D eigenvalue weighted by Crippen LogP contribution is 2.35. The third-order valence-corrected chi connectivity index (χ3v) is 7.23. The number of likely N-dealkylation sites (tertiary alicyclic amines) is 2. The second-order valence-corrected chi connectivity index (χ2v) is 9.91. The minimum atomic E-state index is -0.245. The van der Waals surface area contributed by atoms with Gasteiger partial charge in [0.2, 0.25) is 0 Å². The number of carbonyl (C=O) groups is 1. The lowest BCUT2D eigenvalue weighted by atomic mass is 9.97. The Balaban J connectivity index is 1.43. The molecule has 0 spiro atoms. The molecule has 3 aliphatic rings. The van der Waals surface area contributed by atoms with Crippen molar-refractivity contribution in [3.8, 4) is 0 Å². The number of nitrogens with zero attached hydrogens (tertiary/aromatic N) is 5. The Morgan fingerprint density at radius 1 is 1.09 bits per heavy atom. The predicted molar refractivity (Wildman–Crippen MR) is 126 cm³/mol. The Hall–Kier alpha value is -2.74. The van der Waals surface area contributed by atoms with Gasteiger partial charge in [-0.3, -0.25) is 4.79 Å². The molecule has 4 heterocycles. The summed E-state index contributed by atoms with van der Waals surface area (Å²) in [7, 11) is 0. The number of hydrogen-bond donors (Lipinski definition) is 1. The standard InChI is InChI=1S/C25H33FN6O/c1-15-10-18(11-16(2)23(15)26)25(33)31-8-5-4-6-21(31)20-12-22-28-24(17(3)13-32(22)29-20)30-9-7-19(27)14-30/h10-12,17,19,21H,4-9,13-14,27H2,1-3H3/t17?,19-,21-/m0/s1. The van der Waals surface area contributed by atoms with Crippen LogP contribution in [-0.4, -0.2) is 57.0 Å². The monoisotopic (exact) mass is 452 g/mol. The van der Waals surface area contributed by atoms with Gasteiger partial charge in [-0.25, -0.2) is 14.1 Å². The number of piperidine rings is 1. The van der Waals surface area contributed by atoms with Gasteiger partial charge in [-0.05, 0) is 62.8 Å². The van der Waals surface area contributed by atoms with Gasteiger partial charge in [0, 0.05) is 43.2 Å². The first-order valence-electron chi connectivity index (χ1n) is 12.1. The van der Waals surface area contributed by atoms with Crippen molar-refractivity contribution in [2.24, 2.45) is 16.6 Å². The number of fused-ring (bicyclic) bond motifs is 1. The van der Waals surface area contributed by atoms with Crippen LogP contribution in [0, 0.1) is 25.6 Å². The average Bonchev–Trinajstić information content (AvgIpc) is 3.41. The van der Waals surface area contributed by atoms with E-state index in [-0.39, 0.29) is 29.7 Å². The smallest absolute Gasteiger partial charge is 0.254 e. The minimum Gasteiger partial charge on any atom is -0.358 e. The normalized spacial score (nSPS) is 25.2. The summed E-state index contributed by atoms with van der Waals surface area (Å²) in [6.45, 7) is 8.86. The lowest BCUT2D eigenvalue weighted by molar-refractivity contribution is 0.0604. The highest BCUT2D eigenvalue weighted by Gasteiger charge is 2.34. The summed E-state index contributed by atoms with van der Waals surface area (Å²) in [4.78, 5) is 22.7. The van der Waals surface area contributed by atoms with Crippen molar-refractivity contribution < 1.29 is 9.18 Å². The molecule has 3 aliphatic heterocycles. The molecule has 1 amide bonds. The van der Waals surface area contributed by atoms with E-state index < -0.39 is 0 Å². The third-order valence-electron chi connectivity index (χ3n) is 7.23. The Morgan fingerprint density at radius 2 is 1.85 bits per heavy atom. The van der Waals surface area contributed by atoms with Crippen LogP contribution < -0.4 is 5.73 Å². The number of aliphatic imine (C=N–C) groups is 1. The highest BCUT2D eigenvalue weighted by molar-refractivity contribution is 5.95. The lowest BCUT2D eigenvalue weighted by Gasteiger charge is -2.35. The molecule has 2 aromatic rings. The Bertz CT molecular complexity index is 1090. The molecule has 2 saturated heterocycles. The maximum atomic E-state index is 14.1. The number of halogens is 1. The first kappa shape index (κ1) is 22.1. The molecule has 8 heteroatoms. The van der Waals surface area contributed by atoms with Crippen LogP contribution in [0.15, 0.2) is 23.2 Å². The summed E-state index contributed by atoms with van der Waals surface area (Å²) in [6.07, 6.45) is 3.88. The predicted octanol–water partition coefficient (Wildman–Crippen LogP) is 3.72. The van der Waals surface area contributed by atoms with E-state index in [1.165, 1.54) is 0 Å². The fraction of sp³-hybridized carbons (Fsp3) is 0.560. The number of benzene rings is 1. The number of aryl methyl sites for hydroxylation is 2. The molecule has 3 atom stereocenters. The van der Waals surface area contributed by atoms with Crippen molar-refractivity contribution in [2.75, 3.05) is 19.6 Å². The Labute approximate surface area is 194 Å². The van der Waals surface area contributed by atoms with Crippen LogP contribution in [-0.2, 0) is 6.54 Å². The van der Waals surface area contributed by atoms with Gasteiger partial charge in [0.25, 0.3) is 5.91 Å². The van der Waals surface area contributed by atoms with Gasteiger partial charge in [0.05, 0.1) is 18.3 Å². The molecule has 1 aromatic carbocycles. The third kappa shape index (κ3) is 4.05. The van der Waals surface area contributed by atoms with Gasteiger partial charge in [0.15, 0.2) is 5.82 Å². The van der Waals surface area contributed by atoms with Crippen molar-refractivity contribution >= 4 is 17.6 Å². The summed E-state index contributed by atoms with van der Waals surface area (Å²) in [6, 6.07) is 5.48. The van der Waals surface area contributed by atoms with Crippen LogP contribution in [0.2, 0.25) is 0 Å². The Kier molecular flexibility index (Phi) is 5.72. The molecule has 0 saturated carbocycles. The lowest BCUT2D eigenvalue weighted by Crippen LogP contribution is -2.39. The molecule has 1 unspecified atom stereocenters. The van der Waals surface area contributed by atoms with Crippen LogP contribution in [0.1, 0.15) is 65.8 Å². The molecule has 176 valence electrons. The van der Waals surface area contributed by atoms with Crippen molar-refractivity contribution in [1.82, 2.24) is 19.6 Å². The number of hydrogen-bond acceptors (Lipinski definition) is 5. The molecule has 33 heavy (non-hydrogen) atoms. The second kappa shape index (κ2) is 8.56. The zero-order valence-corrected chi connectivity index (χ0v) is 19.7. The van der Waals surface area contributed by atoms with Gasteiger partial charge in [0.1, 0.15) is 11.7 Å². The highest BCUT2D eigenvalue weighted by atomic mass is 19.1. The van der Waals surface area contributed by atoms with Crippen LogP contribution in [0.3, 0.4) is 0 Å². The van der Waals surface area contributed by atoms with Gasteiger partial charge in [-0.1, -0.05) is 6.92 Å².